The molecule has 4 aliphatic rings. The minimum absolute atomic E-state index is 0.0938. The van der Waals surface area contributed by atoms with Crippen LogP contribution in [0.15, 0.2) is 17.8 Å². The van der Waals surface area contributed by atoms with Gasteiger partial charge in [-0.25, -0.2) is 4.98 Å². The van der Waals surface area contributed by atoms with Crippen molar-refractivity contribution >= 4 is 11.3 Å². The Kier molecular flexibility index (Phi) is 3.96. The zero-order chi connectivity index (χ0) is 18.1. The van der Waals surface area contributed by atoms with Gasteiger partial charge in [-0.3, -0.25) is 0 Å². The molecular formula is C23H33NOS. The quantitative estimate of drug-likeness (QED) is 0.627. The molecule has 1 heterocycles. The van der Waals surface area contributed by atoms with Crippen molar-refractivity contribution in [3.8, 4) is 0 Å². The van der Waals surface area contributed by atoms with Gasteiger partial charge in [0.1, 0.15) is 0 Å². The van der Waals surface area contributed by atoms with E-state index in [4.69, 9.17) is 4.98 Å². The second kappa shape index (κ2) is 5.91. The third-order valence-corrected chi connectivity index (χ3v) is 10.0. The van der Waals surface area contributed by atoms with Gasteiger partial charge in [-0.05, 0) is 86.9 Å². The van der Waals surface area contributed by atoms with E-state index in [0.29, 0.717) is 16.7 Å². The van der Waals surface area contributed by atoms with Crippen LogP contribution in [0.2, 0.25) is 0 Å². The minimum Gasteiger partial charge on any atom is -0.393 e. The molecule has 3 saturated carbocycles. The van der Waals surface area contributed by atoms with E-state index in [9.17, 15) is 5.11 Å². The highest BCUT2D eigenvalue weighted by Gasteiger charge is 2.59. The third kappa shape index (κ3) is 2.35. The largest absolute Gasteiger partial charge is 0.393 e. The van der Waals surface area contributed by atoms with Crippen LogP contribution in [-0.4, -0.2) is 16.2 Å². The molecule has 0 amide bonds. The molecule has 142 valence electrons. The highest BCUT2D eigenvalue weighted by Crippen LogP contribution is 2.68. The van der Waals surface area contributed by atoms with Gasteiger partial charge >= 0.3 is 0 Å². The SMILES string of the molecule is Cc1cnc(C2CC[C@H]3[C@@H]4CC=C5CC(O)CC[C@]5(C)[C@H]4CC[C@]23C)s1. The first-order valence-corrected chi connectivity index (χ1v) is 11.5. The number of aliphatic hydroxyl groups is 1. The van der Waals surface area contributed by atoms with Gasteiger partial charge in [0, 0.05) is 17.0 Å². The van der Waals surface area contributed by atoms with Gasteiger partial charge in [0.25, 0.3) is 0 Å². The lowest BCUT2D eigenvalue weighted by Gasteiger charge is -2.58. The zero-order valence-electron chi connectivity index (χ0n) is 16.5. The molecule has 2 unspecified atom stereocenters. The first kappa shape index (κ1) is 17.4. The summed E-state index contributed by atoms with van der Waals surface area (Å²) in [5, 5.41) is 11.6. The highest BCUT2D eigenvalue weighted by molar-refractivity contribution is 7.11. The van der Waals surface area contributed by atoms with E-state index in [-0.39, 0.29) is 6.10 Å². The molecule has 0 aliphatic heterocycles. The molecule has 2 nitrogen and oxygen atoms in total. The minimum atomic E-state index is -0.0938. The van der Waals surface area contributed by atoms with Crippen molar-refractivity contribution in [3.05, 3.63) is 27.7 Å². The molecular weight excluding hydrogens is 338 g/mol. The summed E-state index contributed by atoms with van der Waals surface area (Å²) in [7, 11) is 0. The molecule has 1 N–H and O–H groups in total. The molecule has 3 fully saturated rings. The number of hydrogen-bond donors (Lipinski definition) is 1. The third-order valence-electron chi connectivity index (χ3n) is 9.02. The Morgan fingerprint density at radius 3 is 2.73 bits per heavy atom. The summed E-state index contributed by atoms with van der Waals surface area (Å²) >= 11 is 1.94. The number of nitrogens with zero attached hydrogens (tertiary/aromatic N) is 1. The Morgan fingerprint density at radius 2 is 1.96 bits per heavy atom. The van der Waals surface area contributed by atoms with Crippen molar-refractivity contribution in [2.75, 3.05) is 0 Å². The lowest BCUT2D eigenvalue weighted by Crippen LogP contribution is -2.50. The van der Waals surface area contributed by atoms with Gasteiger partial charge in [-0.15, -0.1) is 11.3 Å². The zero-order valence-corrected chi connectivity index (χ0v) is 17.3. The van der Waals surface area contributed by atoms with Crippen LogP contribution in [0.5, 0.6) is 0 Å². The number of aromatic nitrogens is 1. The van der Waals surface area contributed by atoms with Crippen LogP contribution in [0, 0.1) is 35.5 Å². The highest BCUT2D eigenvalue weighted by atomic mass is 32.1. The van der Waals surface area contributed by atoms with Crippen molar-refractivity contribution in [3.63, 3.8) is 0 Å². The summed E-state index contributed by atoms with van der Waals surface area (Å²) in [5.74, 6) is 3.23. The average molecular weight is 372 g/mol. The van der Waals surface area contributed by atoms with Crippen LogP contribution >= 0.6 is 11.3 Å². The summed E-state index contributed by atoms with van der Waals surface area (Å²) in [6.07, 6.45) is 14.4. The predicted octanol–water partition coefficient (Wildman–Crippen LogP) is 5.86. The Bertz CT molecular complexity index is 738. The van der Waals surface area contributed by atoms with Gasteiger partial charge in [0.2, 0.25) is 0 Å². The molecule has 0 aromatic carbocycles. The maximum atomic E-state index is 10.2. The van der Waals surface area contributed by atoms with E-state index < -0.39 is 0 Å². The molecule has 26 heavy (non-hydrogen) atoms. The van der Waals surface area contributed by atoms with Crippen LogP contribution in [-0.2, 0) is 0 Å². The van der Waals surface area contributed by atoms with E-state index in [1.54, 1.807) is 5.57 Å². The van der Waals surface area contributed by atoms with Crippen molar-refractivity contribution in [1.29, 1.82) is 0 Å². The van der Waals surface area contributed by atoms with Gasteiger partial charge < -0.3 is 5.11 Å². The van der Waals surface area contributed by atoms with Crippen molar-refractivity contribution in [2.45, 2.75) is 84.2 Å². The van der Waals surface area contributed by atoms with E-state index in [1.165, 1.54) is 48.4 Å². The van der Waals surface area contributed by atoms with Gasteiger partial charge in [-0.2, -0.15) is 0 Å². The number of fused-ring (bicyclic) bond motifs is 5. The number of thiazole rings is 1. The molecule has 3 heteroatoms. The van der Waals surface area contributed by atoms with Crippen molar-refractivity contribution in [2.24, 2.45) is 28.6 Å². The second-order valence-corrected chi connectivity index (χ2v) is 11.4. The molecule has 1 aromatic rings. The predicted molar refractivity (Wildman–Crippen MR) is 107 cm³/mol. The fourth-order valence-electron chi connectivity index (χ4n) is 7.58. The average Bonchev–Trinajstić information content (AvgIpc) is 3.18. The summed E-state index contributed by atoms with van der Waals surface area (Å²) < 4.78 is 0. The van der Waals surface area contributed by atoms with Crippen LogP contribution in [0.25, 0.3) is 0 Å². The Balaban J connectivity index is 1.46. The first-order valence-electron chi connectivity index (χ1n) is 10.7. The van der Waals surface area contributed by atoms with Crippen LogP contribution in [0.4, 0.5) is 0 Å². The Labute approximate surface area is 162 Å². The molecule has 4 aliphatic carbocycles. The Hall–Kier alpha value is -0.670. The van der Waals surface area contributed by atoms with Crippen molar-refractivity contribution in [1.82, 2.24) is 4.98 Å². The fraction of sp³-hybridized carbons (Fsp3) is 0.783. The number of aliphatic hydroxyl groups excluding tert-OH is 1. The number of rotatable bonds is 1. The van der Waals surface area contributed by atoms with Crippen LogP contribution in [0.1, 0.15) is 81.0 Å². The number of allylic oxidation sites excluding steroid dienone is 1. The normalized spacial score (nSPS) is 47.7. The fourth-order valence-corrected chi connectivity index (χ4v) is 8.65. The van der Waals surface area contributed by atoms with Crippen LogP contribution in [0.3, 0.4) is 0 Å². The summed E-state index contributed by atoms with van der Waals surface area (Å²) in [6, 6.07) is 0. The summed E-state index contributed by atoms with van der Waals surface area (Å²) in [6.45, 7) is 7.31. The maximum absolute atomic E-state index is 10.2. The molecule has 0 saturated heterocycles. The molecule has 1 aromatic heterocycles. The van der Waals surface area contributed by atoms with Crippen LogP contribution < -0.4 is 0 Å². The summed E-state index contributed by atoms with van der Waals surface area (Å²) in [5.41, 5.74) is 2.40. The van der Waals surface area contributed by atoms with E-state index >= 15 is 0 Å². The van der Waals surface area contributed by atoms with Gasteiger partial charge in [0.05, 0.1) is 11.1 Å². The molecule has 7 atom stereocenters. The lowest BCUT2D eigenvalue weighted by atomic mass is 9.47. The lowest BCUT2D eigenvalue weighted by molar-refractivity contribution is -0.0409. The first-order chi connectivity index (χ1) is 12.4. The number of aryl methyl sites for hydroxylation is 1. The standard InChI is InChI=1S/C23H33NOS/c1-14-13-24-21(26-14)20-7-6-18-17-5-4-15-12-16(25)8-10-22(15,2)19(17)9-11-23(18,20)3/h4,13,16-20,25H,5-12H2,1-3H3/t16?,17-,18-,19-,20?,22-,23-/m0/s1. The smallest absolute Gasteiger partial charge is 0.0964 e. The monoisotopic (exact) mass is 371 g/mol. The molecule has 5 rings (SSSR count). The second-order valence-electron chi connectivity index (χ2n) is 10.1. The molecule has 0 radical (unpaired) electrons. The van der Waals surface area contributed by atoms with E-state index in [1.807, 2.05) is 11.3 Å². The maximum Gasteiger partial charge on any atom is 0.0964 e. The van der Waals surface area contributed by atoms with Crippen molar-refractivity contribution < 1.29 is 5.11 Å². The topological polar surface area (TPSA) is 33.1 Å². The number of hydrogen-bond acceptors (Lipinski definition) is 3. The van der Waals surface area contributed by atoms with Gasteiger partial charge in [0.15, 0.2) is 0 Å². The van der Waals surface area contributed by atoms with E-state index in [0.717, 1.165) is 30.6 Å². The van der Waals surface area contributed by atoms with Gasteiger partial charge in [-0.1, -0.05) is 25.5 Å². The molecule has 0 spiro atoms. The summed E-state index contributed by atoms with van der Waals surface area (Å²) in [4.78, 5) is 6.16. The van der Waals surface area contributed by atoms with E-state index in [2.05, 4.69) is 33.0 Å². The Morgan fingerprint density at radius 1 is 1.12 bits per heavy atom. The molecule has 0 bridgehead atoms.